The Balaban J connectivity index is 2.78. The number of benzene rings is 1. The van der Waals surface area contributed by atoms with Crippen molar-refractivity contribution in [3.8, 4) is 0 Å². The van der Waals surface area contributed by atoms with Crippen molar-refractivity contribution >= 4 is 33.5 Å². The molecule has 2 rings (SSSR count). The second-order valence-corrected chi connectivity index (χ2v) is 4.28. The van der Waals surface area contributed by atoms with Gasteiger partial charge in [0.2, 0.25) is 0 Å². The van der Waals surface area contributed by atoms with Gasteiger partial charge in [0, 0.05) is 11.7 Å². The van der Waals surface area contributed by atoms with Crippen LogP contribution in [0.5, 0.6) is 0 Å². The molecule has 14 heavy (non-hydrogen) atoms. The van der Waals surface area contributed by atoms with Gasteiger partial charge in [-0.3, -0.25) is 8.14 Å². The molecule has 0 aliphatic carbocycles. The van der Waals surface area contributed by atoms with Gasteiger partial charge in [-0.1, -0.05) is 6.07 Å². The molecule has 0 atom stereocenters. The predicted octanol–water partition coefficient (Wildman–Crippen LogP) is 3.76. The van der Waals surface area contributed by atoms with Crippen LogP contribution in [0.3, 0.4) is 0 Å². The summed E-state index contributed by atoms with van der Waals surface area (Å²) in [6.07, 6.45) is -4.31. The Hall–Kier alpha value is -0.950. The van der Waals surface area contributed by atoms with Crippen LogP contribution in [0.15, 0.2) is 18.2 Å². The van der Waals surface area contributed by atoms with Gasteiger partial charge in [-0.25, -0.2) is 0 Å². The van der Waals surface area contributed by atoms with Crippen LogP contribution in [0.1, 0.15) is 5.56 Å². The first-order chi connectivity index (χ1) is 6.59. The Morgan fingerprint density at radius 1 is 1.21 bits per heavy atom. The van der Waals surface area contributed by atoms with Crippen LogP contribution in [0, 0.1) is 0 Å². The van der Waals surface area contributed by atoms with Gasteiger partial charge in [-0.15, -0.1) is 0 Å². The van der Waals surface area contributed by atoms with E-state index in [1.54, 1.807) is 6.07 Å². The average Bonchev–Trinajstić information content (AvgIpc) is 2.15. The smallest absolute Gasteiger partial charge is 0.294 e. The van der Waals surface area contributed by atoms with Gasteiger partial charge in [0.05, 0.1) is 15.8 Å². The van der Waals surface area contributed by atoms with Crippen molar-refractivity contribution in [1.82, 2.24) is 8.14 Å². The monoisotopic (exact) mass is 238 g/mol. The third-order valence-electron chi connectivity index (χ3n) is 1.68. The molecular weight excluding hydrogens is 233 g/mol. The summed E-state index contributed by atoms with van der Waals surface area (Å²) in [5.41, 5.74) is -0.495. The van der Waals surface area contributed by atoms with E-state index in [1.807, 2.05) is 0 Å². The minimum absolute atomic E-state index is 0.133. The zero-order chi connectivity index (χ0) is 10.2. The number of hydrogen-bond acceptors (Lipinski definition) is 2. The summed E-state index contributed by atoms with van der Waals surface area (Å²) < 4.78 is 43.4. The van der Waals surface area contributed by atoms with E-state index in [1.165, 1.54) is 17.6 Å². The fourth-order valence-electron chi connectivity index (χ4n) is 1.10. The third kappa shape index (κ3) is 1.64. The zero-order valence-corrected chi connectivity index (χ0v) is 8.32. The first-order valence-corrected chi connectivity index (χ1v) is 5.26. The maximum absolute atomic E-state index is 12.5. The van der Waals surface area contributed by atoms with E-state index >= 15 is 0 Å². The number of para-hydroxylation sites is 1. The first-order valence-electron chi connectivity index (χ1n) is 3.63. The molecule has 2 N–H and O–H groups in total. The number of aromatic amines is 2. The molecule has 0 aliphatic rings. The third-order valence-corrected chi connectivity index (χ3v) is 3.21. The highest BCUT2D eigenvalue weighted by atomic mass is 32.2. The first kappa shape index (κ1) is 9.60. The van der Waals surface area contributed by atoms with Crippen molar-refractivity contribution in [2.45, 2.75) is 6.18 Å². The highest BCUT2D eigenvalue weighted by Crippen LogP contribution is 2.34. The van der Waals surface area contributed by atoms with Crippen LogP contribution in [-0.4, -0.2) is 8.14 Å². The van der Waals surface area contributed by atoms with E-state index in [4.69, 9.17) is 0 Å². The van der Waals surface area contributed by atoms with Crippen LogP contribution in [0.4, 0.5) is 13.2 Å². The van der Waals surface area contributed by atoms with Gasteiger partial charge in [-0.05, 0) is 23.7 Å². The van der Waals surface area contributed by atoms with Crippen molar-refractivity contribution in [3.05, 3.63) is 23.8 Å². The molecule has 0 saturated carbocycles. The quantitative estimate of drug-likeness (QED) is 0.700. The maximum atomic E-state index is 12.5. The normalized spacial score (nSPS) is 11.9. The second kappa shape index (κ2) is 3.32. The van der Waals surface area contributed by atoms with Crippen LogP contribution < -0.4 is 0 Å². The average molecular weight is 238 g/mol. The van der Waals surface area contributed by atoms with Gasteiger partial charge in [-0.2, -0.15) is 13.2 Å². The largest absolute Gasteiger partial charge is 0.418 e. The van der Waals surface area contributed by atoms with Crippen LogP contribution in [0.2, 0.25) is 0 Å². The van der Waals surface area contributed by atoms with Gasteiger partial charge in [0.25, 0.3) is 0 Å². The van der Waals surface area contributed by atoms with Crippen molar-refractivity contribution < 1.29 is 13.2 Å². The molecule has 76 valence electrons. The standard InChI is InChI=1S/C7H5F3N2S2/c8-7(9,10)4-2-1-3-5-6(4)11-14-12-13-5/h1-3,11-12H. The maximum Gasteiger partial charge on any atom is 0.418 e. The molecule has 0 amide bonds. The lowest BCUT2D eigenvalue weighted by molar-refractivity contribution is -0.136. The molecule has 2 nitrogen and oxygen atoms in total. The molecule has 0 saturated heterocycles. The van der Waals surface area contributed by atoms with Gasteiger partial charge in [0.1, 0.15) is 0 Å². The second-order valence-electron chi connectivity index (χ2n) is 2.57. The lowest BCUT2D eigenvalue weighted by Gasteiger charge is -2.08. The van der Waals surface area contributed by atoms with E-state index < -0.39 is 11.7 Å². The number of rotatable bonds is 0. The molecule has 0 unspecified atom stereocenters. The fraction of sp³-hybridized carbons (Fsp3) is 0.143. The zero-order valence-electron chi connectivity index (χ0n) is 6.68. The minimum atomic E-state index is -4.31. The lowest BCUT2D eigenvalue weighted by Crippen LogP contribution is -2.05. The van der Waals surface area contributed by atoms with Crippen molar-refractivity contribution in [2.24, 2.45) is 0 Å². The highest BCUT2D eigenvalue weighted by Gasteiger charge is 2.32. The van der Waals surface area contributed by atoms with Crippen molar-refractivity contribution in [2.75, 3.05) is 0 Å². The Labute approximate surface area is 85.1 Å². The van der Waals surface area contributed by atoms with E-state index in [-0.39, 0.29) is 5.52 Å². The molecule has 1 aromatic carbocycles. The fourth-order valence-corrected chi connectivity index (χ4v) is 2.58. The minimum Gasteiger partial charge on any atom is -0.294 e. The summed E-state index contributed by atoms with van der Waals surface area (Å²) in [5.74, 6) is 0. The number of aromatic nitrogens is 2. The topological polar surface area (TPSA) is 31.6 Å². The molecule has 1 heterocycles. The predicted molar refractivity (Wildman–Crippen MR) is 51.0 cm³/mol. The summed E-state index contributed by atoms with van der Waals surface area (Å²) >= 11 is 2.20. The summed E-state index contributed by atoms with van der Waals surface area (Å²) in [7, 11) is 0. The Bertz CT molecular complexity index is 466. The summed E-state index contributed by atoms with van der Waals surface area (Å²) in [5, 5.41) is 0. The van der Waals surface area contributed by atoms with Crippen LogP contribution >= 0.6 is 23.3 Å². The highest BCUT2D eigenvalue weighted by molar-refractivity contribution is 7.20. The Morgan fingerprint density at radius 3 is 2.71 bits per heavy atom. The van der Waals surface area contributed by atoms with Crippen molar-refractivity contribution in [1.29, 1.82) is 0 Å². The van der Waals surface area contributed by atoms with E-state index in [2.05, 4.69) is 8.14 Å². The number of fused-ring (bicyclic) bond motifs is 1. The number of hydrogen-bond donors (Lipinski definition) is 2. The summed E-state index contributed by atoms with van der Waals surface area (Å²) in [6.45, 7) is 0. The van der Waals surface area contributed by atoms with E-state index in [0.29, 0.717) is 4.70 Å². The Morgan fingerprint density at radius 2 is 2.00 bits per heavy atom. The molecule has 0 fully saturated rings. The molecule has 0 radical (unpaired) electrons. The molecule has 7 heteroatoms. The molecule has 0 aliphatic heterocycles. The molecular formula is C7H5F3N2S2. The van der Waals surface area contributed by atoms with Crippen LogP contribution in [0.25, 0.3) is 10.2 Å². The summed E-state index contributed by atoms with van der Waals surface area (Å²) in [4.78, 5) is 0. The number of halogens is 3. The molecule has 0 spiro atoms. The van der Waals surface area contributed by atoms with Crippen LogP contribution in [-0.2, 0) is 6.18 Å². The van der Waals surface area contributed by atoms with Gasteiger partial charge in [0.15, 0.2) is 0 Å². The number of alkyl halides is 3. The molecule has 0 bridgehead atoms. The van der Waals surface area contributed by atoms with Crippen molar-refractivity contribution in [3.63, 3.8) is 0 Å². The SMILES string of the molecule is FC(F)(F)c1cccc2s[nH]s[nH]c12. The van der Waals surface area contributed by atoms with Gasteiger partial charge < -0.3 is 0 Å². The molecule has 1 aromatic heterocycles. The Kier molecular flexibility index (Phi) is 2.28. The van der Waals surface area contributed by atoms with E-state index in [0.717, 1.165) is 17.8 Å². The molecule has 2 aromatic rings. The number of nitrogens with one attached hydrogen (secondary N) is 2. The van der Waals surface area contributed by atoms with Gasteiger partial charge >= 0.3 is 6.18 Å². The number of H-pyrrole nitrogens is 2. The lowest BCUT2D eigenvalue weighted by atomic mass is 10.2. The summed E-state index contributed by atoms with van der Waals surface area (Å²) in [6, 6.07) is 4.10. The van der Waals surface area contributed by atoms with E-state index in [9.17, 15) is 13.2 Å².